The number of carbonyl (C=O) groups excluding carboxylic acids is 2. The number of ketones is 1. The summed E-state index contributed by atoms with van der Waals surface area (Å²) in [6.45, 7) is 1.82. The van der Waals surface area contributed by atoms with Crippen LogP contribution in [0.4, 0.5) is 5.69 Å². The minimum Gasteiger partial charge on any atom is -0.496 e. The Bertz CT molecular complexity index is 1300. The number of hydrogen-bond acceptors (Lipinski definition) is 7. The number of Topliss-reactive ketones (excluding diaryl/α,β-unsaturated/α-hetero) is 1. The summed E-state index contributed by atoms with van der Waals surface area (Å²) in [7, 11) is 1.62. The lowest BCUT2D eigenvalue weighted by Gasteiger charge is -2.37. The van der Waals surface area contributed by atoms with Crippen LogP contribution in [-0.4, -0.2) is 29.9 Å². The van der Waals surface area contributed by atoms with Crippen LogP contribution in [0.1, 0.15) is 68.4 Å². The number of nitro benzene ring substituents is 1. The zero-order chi connectivity index (χ0) is 26.1. The molecule has 0 saturated heterocycles. The monoisotopic (exact) mass is 502 g/mol. The molecule has 2 aliphatic carbocycles. The van der Waals surface area contributed by atoms with E-state index >= 15 is 0 Å². The van der Waals surface area contributed by atoms with Gasteiger partial charge in [-0.1, -0.05) is 30.3 Å². The van der Waals surface area contributed by atoms with Gasteiger partial charge in [0.25, 0.3) is 5.69 Å². The Morgan fingerprint density at radius 3 is 2.43 bits per heavy atom. The molecule has 0 unspecified atom stereocenters. The van der Waals surface area contributed by atoms with Crippen LogP contribution in [0.5, 0.6) is 5.75 Å². The van der Waals surface area contributed by atoms with E-state index in [0.29, 0.717) is 28.8 Å². The SMILES string of the molecule is COc1ccccc1[C@@H]1CC(=O)C2=C(C1)NC(C)=C(C(=O)OC1CCCC1)[C@@H]2c1ccc([N+](=O)[O-])cc1. The van der Waals surface area contributed by atoms with Gasteiger partial charge in [-0.05, 0) is 56.2 Å². The Morgan fingerprint density at radius 2 is 1.76 bits per heavy atom. The third-order valence-corrected chi connectivity index (χ3v) is 7.64. The average molecular weight is 503 g/mol. The first-order valence-corrected chi connectivity index (χ1v) is 12.7. The molecule has 0 spiro atoms. The van der Waals surface area contributed by atoms with E-state index < -0.39 is 16.8 Å². The molecule has 0 radical (unpaired) electrons. The molecule has 0 aromatic heterocycles. The molecule has 2 aromatic rings. The number of rotatable bonds is 6. The van der Waals surface area contributed by atoms with Gasteiger partial charge in [-0.15, -0.1) is 0 Å². The summed E-state index contributed by atoms with van der Waals surface area (Å²) in [5.74, 6) is -0.498. The van der Waals surface area contributed by atoms with Crippen molar-refractivity contribution in [3.63, 3.8) is 0 Å². The van der Waals surface area contributed by atoms with Crippen LogP contribution in [-0.2, 0) is 14.3 Å². The second-order valence-electron chi connectivity index (χ2n) is 9.92. The van der Waals surface area contributed by atoms with Gasteiger partial charge in [-0.25, -0.2) is 4.79 Å². The Balaban J connectivity index is 1.56. The molecule has 2 atom stereocenters. The fourth-order valence-corrected chi connectivity index (χ4v) is 5.88. The van der Waals surface area contributed by atoms with E-state index in [9.17, 15) is 19.7 Å². The molecule has 1 heterocycles. The maximum Gasteiger partial charge on any atom is 0.337 e. The molecule has 192 valence electrons. The Labute approximate surface area is 215 Å². The summed E-state index contributed by atoms with van der Waals surface area (Å²) in [6, 6.07) is 13.8. The summed E-state index contributed by atoms with van der Waals surface area (Å²) < 4.78 is 11.4. The molecule has 1 aliphatic heterocycles. The second-order valence-corrected chi connectivity index (χ2v) is 9.92. The maximum atomic E-state index is 13.8. The summed E-state index contributed by atoms with van der Waals surface area (Å²) in [5.41, 5.74) is 3.90. The topological polar surface area (TPSA) is 108 Å². The number of nitrogens with zero attached hydrogens (tertiary/aromatic N) is 1. The highest BCUT2D eigenvalue weighted by atomic mass is 16.6. The van der Waals surface area contributed by atoms with Gasteiger partial charge in [0.15, 0.2) is 5.78 Å². The maximum absolute atomic E-state index is 13.8. The number of methoxy groups -OCH3 is 1. The van der Waals surface area contributed by atoms with E-state index in [1.165, 1.54) is 12.1 Å². The van der Waals surface area contributed by atoms with Gasteiger partial charge < -0.3 is 14.8 Å². The van der Waals surface area contributed by atoms with E-state index in [2.05, 4.69) is 5.32 Å². The number of allylic oxidation sites excluding steroid dienone is 3. The fourth-order valence-electron chi connectivity index (χ4n) is 5.88. The highest BCUT2D eigenvalue weighted by Gasteiger charge is 2.42. The summed E-state index contributed by atoms with van der Waals surface area (Å²) in [4.78, 5) is 38.1. The predicted octanol–water partition coefficient (Wildman–Crippen LogP) is 5.45. The fraction of sp³-hybridized carbons (Fsp3) is 0.379. The molecule has 1 saturated carbocycles. The van der Waals surface area contributed by atoms with Crippen molar-refractivity contribution in [2.24, 2.45) is 0 Å². The van der Waals surface area contributed by atoms with E-state index in [4.69, 9.17) is 9.47 Å². The molecule has 0 bridgehead atoms. The zero-order valence-corrected chi connectivity index (χ0v) is 21.0. The largest absolute Gasteiger partial charge is 0.496 e. The van der Waals surface area contributed by atoms with Gasteiger partial charge in [-0.3, -0.25) is 14.9 Å². The summed E-state index contributed by atoms with van der Waals surface area (Å²) in [6.07, 6.45) is 4.44. The van der Waals surface area contributed by atoms with Gasteiger partial charge in [0, 0.05) is 47.4 Å². The van der Waals surface area contributed by atoms with Crippen molar-refractivity contribution in [2.45, 2.75) is 63.4 Å². The Kier molecular flexibility index (Phi) is 6.82. The molecule has 8 heteroatoms. The van der Waals surface area contributed by atoms with Crippen molar-refractivity contribution < 1.29 is 24.0 Å². The molecule has 5 rings (SSSR count). The lowest BCUT2D eigenvalue weighted by atomic mass is 9.71. The van der Waals surface area contributed by atoms with E-state index in [-0.39, 0.29) is 29.9 Å². The van der Waals surface area contributed by atoms with Gasteiger partial charge in [0.2, 0.25) is 0 Å². The van der Waals surface area contributed by atoms with Crippen molar-refractivity contribution >= 4 is 17.4 Å². The van der Waals surface area contributed by atoms with Crippen LogP contribution in [0.25, 0.3) is 0 Å². The summed E-state index contributed by atoms with van der Waals surface area (Å²) >= 11 is 0. The molecule has 8 nitrogen and oxygen atoms in total. The van der Waals surface area contributed by atoms with Crippen molar-refractivity contribution in [3.8, 4) is 5.75 Å². The highest BCUT2D eigenvalue weighted by molar-refractivity contribution is 6.04. The molecule has 2 aromatic carbocycles. The number of ether oxygens (including phenoxy) is 2. The third-order valence-electron chi connectivity index (χ3n) is 7.64. The molecule has 1 N–H and O–H groups in total. The van der Waals surface area contributed by atoms with Crippen LogP contribution in [0.15, 0.2) is 71.1 Å². The van der Waals surface area contributed by atoms with Crippen LogP contribution in [0, 0.1) is 10.1 Å². The van der Waals surface area contributed by atoms with E-state index in [0.717, 1.165) is 42.7 Å². The Morgan fingerprint density at radius 1 is 1.05 bits per heavy atom. The molecule has 1 fully saturated rings. The van der Waals surface area contributed by atoms with Crippen molar-refractivity contribution in [1.29, 1.82) is 0 Å². The standard InChI is InChI=1S/C29H30N2O6/c1-17-26(29(33)37-21-7-3-4-8-21)27(18-11-13-20(14-12-18)31(34)35)28-23(30-17)15-19(16-24(28)32)22-9-5-6-10-25(22)36-2/h5-6,9-14,19,21,27,30H,3-4,7-8,15-16H2,1-2H3/t19-,27-/m0/s1. The minimum absolute atomic E-state index is 0.0473. The van der Waals surface area contributed by atoms with Crippen LogP contribution in [0.3, 0.4) is 0 Å². The number of benzene rings is 2. The van der Waals surface area contributed by atoms with Gasteiger partial charge in [0.05, 0.1) is 17.6 Å². The van der Waals surface area contributed by atoms with E-state index in [1.807, 2.05) is 31.2 Å². The Hall–Kier alpha value is -3.94. The number of esters is 1. The van der Waals surface area contributed by atoms with E-state index in [1.54, 1.807) is 19.2 Å². The quantitative estimate of drug-likeness (QED) is 0.318. The van der Waals surface area contributed by atoms with Crippen molar-refractivity contribution in [2.75, 3.05) is 7.11 Å². The van der Waals surface area contributed by atoms with Gasteiger partial charge in [-0.2, -0.15) is 0 Å². The molecular formula is C29H30N2O6. The predicted molar refractivity (Wildman–Crippen MR) is 137 cm³/mol. The number of carbonyl (C=O) groups is 2. The van der Waals surface area contributed by atoms with Gasteiger partial charge in [0.1, 0.15) is 11.9 Å². The number of non-ortho nitro benzene ring substituents is 1. The summed E-state index contributed by atoms with van der Waals surface area (Å²) in [5, 5.41) is 14.6. The van der Waals surface area contributed by atoms with Gasteiger partial charge >= 0.3 is 5.97 Å². The lowest BCUT2D eigenvalue weighted by molar-refractivity contribution is -0.384. The smallest absolute Gasteiger partial charge is 0.337 e. The third kappa shape index (κ3) is 4.75. The first-order chi connectivity index (χ1) is 17.9. The van der Waals surface area contributed by atoms with Crippen molar-refractivity contribution in [1.82, 2.24) is 5.32 Å². The highest BCUT2D eigenvalue weighted by Crippen LogP contribution is 2.47. The average Bonchev–Trinajstić information content (AvgIpc) is 3.40. The zero-order valence-electron chi connectivity index (χ0n) is 21.0. The number of nitro groups is 1. The number of hydrogen-bond donors (Lipinski definition) is 1. The van der Waals surface area contributed by atoms with Crippen LogP contribution >= 0.6 is 0 Å². The molecule has 3 aliphatic rings. The van der Waals surface area contributed by atoms with Crippen LogP contribution < -0.4 is 10.1 Å². The second kappa shape index (κ2) is 10.2. The first-order valence-electron chi connectivity index (χ1n) is 12.7. The lowest BCUT2D eigenvalue weighted by Crippen LogP contribution is -2.36. The first kappa shape index (κ1) is 24.7. The number of nitrogens with one attached hydrogen (secondary N) is 1. The van der Waals surface area contributed by atoms with Crippen molar-refractivity contribution in [3.05, 3.63) is 92.3 Å². The number of para-hydroxylation sites is 1. The minimum atomic E-state index is -0.655. The number of dihydropyridines is 1. The molecule has 37 heavy (non-hydrogen) atoms. The molecule has 0 amide bonds. The normalized spacial score (nSPS) is 21.9. The molecular weight excluding hydrogens is 472 g/mol. The van der Waals surface area contributed by atoms with Crippen LogP contribution in [0.2, 0.25) is 0 Å².